The van der Waals surface area contributed by atoms with Gasteiger partial charge in [-0.05, 0) is 28.5 Å². The summed E-state index contributed by atoms with van der Waals surface area (Å²) in [5.41, 5.74) is 8.03. The van der Waals surface area contributed by atoms with E-state index in [-0.39, 0.29) is 0 Å². The van der Waals surface area contributed by atoms with Crippen LogP contribution in [0.25, 0.3) is 10.8 Å². The summed E-state index contributed by atoms with van der Waals surface area (Å²) >= 11 is 7.90. The first-order valence-electron chi connectivity index (χ1n) is 6.39. The van der Waals surface area contributed by atoms with Crippen LogP contribution in [0.2, 0.25) is 5.02 Å². The molecule has 0 fully saturated rings. The highest BCUT2D eigenvalue weighted by molar-refractivity contribution is 7.98. The Bertz CT molecular complexity index is 729. The molecule has 0 unspecified atom stereocenters. The zero-order valence-corrected chi connectivity index (χ0v) is 12.4. The predicted molar refractivity (Wildman–Crippen MR) is 89.4 cm³/mol. The Labute approximate surface area is 127 Å². The lowest BCUT2D eigenvalue weighted by molar-refractivity contribution is 1.41. The number of nitrogens with two attached hydrogens (primary N) is 1. The molecular weight excluding hydrogens is 286 g/mol. The zero-order valence-electron chi connectivity index (χ0n) is 10.8. The summed E-state index contributed by atoms with van der Waals surface area (Å²) < 4.78 is 0. The van der Waals surface area contributed by atoms with Gasteiger partial charge in [0.1, 0.15) is 0 Å². The molecule has 0 aliphatic rings. The third-order valence-electron chi connectivity index (χ3n) is 3.25. The summed E-state index contributed by atoms with van der Waals surface area (Å²) in [5, 5.41) is 3.26. The minimum Gasteiger partial charge on any atom is -0.398 e. The number of nitrogen functional groups attached to an aromatic ring is 1. The van der Waals surface area contributed by atoms with Crippen LogP contribution in [-0.2, 0) is 5.75 Å². The maximum Gasteiger partial charge on any atom is 0.0562 e. The molecule has 0 aliphatic heterocycles. The first-order valence-corrected chi connectivity index (χ1v) is 7.75. The molecular formula is C17H14ClNS. The number of hydrogen-bond donors (Lipinski definition) is 1. The van der Waals surface area contributed by atoms with Gasteiger partial charge in [-0.3, -0.25) is 0 Å². The van der Waals surface area contributed by atoms with Crippen LogP contribution in [0.4, 0.5) is 5.69 Å². The van der Waals surface area contributed by atoms with E-state index >= 15 is 0 Å². The normalized spacial score (nSPS) is 10.8. The van der Waals surface area contributed by atoms with Crippen LogP contribution >= 0.6 is 23.4 Å². The Morgan fingerprint density at radius 2 is 1.65 bits per heavy atom. The van der Waals surface area contributed by atoms with E-state index in [1.165, 1.54) is 16.3 Å². The molecule has 0 saturated carbocycles. The number of anilines is 1. The highest BCUT2D eigenvalue weighted by Crippen LogP contribution is 2.35. The quantitative estimate of drug-likeness (QED) is 0.520. The van der Waals surface area contributed by atoms with Gasteiger partial charge in [-0.25, -0.2) is 0 Å². The van der Waals surface area contributed by atoms with Gasteiger partial charge in [0.2, 0.25) is 0 Å². The zero-order chi connectivity index (χ0) is 13.9. The Morgan fingerprint density at radius 3 is 2.50 bits per heavy atom. The molecule has 0 atom stereocenters. The van der Waals surface area contributed by atoms with E-state index < -0.39 is 0 Å². The van der Waals surface area contributed by atoms with Crippen molar-refractivity contribution in [1.29, 1.82) is 0 Å². The van der Waals surface area contributed by atoms with Gasteiger partial charge in [0, 0.05) is 16.3 Å². The third kappa shape index (κ3) is 2.62. The van der Waals surface area contributed by atoms with Crippen LogP contribution in [-0.4, -0.2) is 0 Å². The van der Waals surface area contributed by atoms with E-state index in [0.29, 0.717) is 0 Å². The fourth-order valence-corrected chi connectivity index (χ4v) is 3.58. The number of rotatable bonds is 3. The molecule has 3 rings (SSSR count). The summed E-state index contributed by atoms with van der Waals surface area (Å²) in [6, 6.07) is 20.4. The van der Waals surface area contributed by atoms with Crippen molar-refractivity contribution in [1.82, 2.24) is 0 Å². The number of fused-ring (bicyclic) bond motifs is 1. The summed E-state index contributed by atoms with van der Waals surface area (Å²) in [6.07, 6.45) is 0. The molecule has 20 heavy (non-hydrogen) atoms. The molecule has 0 bridgehead atoms. The van der Waals surface area contributed by atoms with Crippen molar-refractivity contribution in [2.45, 2.75) is 10.6 Å². The second-order valence-electron chi connectivity index (χ2n) is 4.59. The molecule has 0 radical (unpaired) electrons. The first kappa shape index (κ1) is 13.3. The molecule has 0 aliphatic carbocycles. The lowest BCUT2D eigenvalue weighted by atomic mass is 10.1. The summed E-state index contributed by atoms with van der Waals surface area (Å²) in [7, 11) is 0. The van der Waals surface area contributed by atoms with Gasteiger partial charge < -0.3 is 5.73 Å². The van der Waals surface area contributed by atoms with Crippen molar-refractivity contribution in [3.63, 3.8) is 0 Å². The molecule has 3 heteroatoms. The molecule has 100 valence electrons. The highest BCUT2D eigenvalue weighted by atomic mass is 35.5. The van der Waals surface area contributed by atoms with Gasteiger partial charge in [0.25, 0.3) is 0 Å². The smallest absolute Gasteiger partial charge is 0.0562 e. The fourth-order valence-electron chi connectivity index (χ4n) is 2.25. The summed E-state index contributed by atoms with van der Waals surface area (Å²) in [5.74, 6) is 0.856. The van der Waals surface area contributed by atoms with Crippen LogP contribution in [0, 0.1) is 0 Å². The van der Waals surface area contributed by atoms with Gasteiger partial charge in [0.05, 0.1) is 5.02 Å². The topological polar surface area (TPSA) is 26.0 Å². The third-order valence-corrected chi connectivity index (χ3v) is 4.88. The Kier molecular flexibility index (Phi) is 3.86. The average Bonchev–Trinajstić information content (AvgIpc) is 2.47. The van der Waals surface area contributed by atoms with Gasteiger partial charge >= 0.3 is 0 Å². The highest BCUT2D eigenvalue weighted by Gasteiger charge is 2.07. The summed E-state index contributed by atoms with van der Waals surface area (Å²) in [4.78, 5) is 0.960. The second-order valence-corrected chi connectivity index (χ2v) is 5.98. The van der Waals surface area contributed by atoms with E-state index in [2.05, 4.69) is 42.5 Å². The maximum atomic E-state index is 6.21. The monoisotopic (exact) mass is 299 g/mol. The van der Waals surface area contributed by atoms with Crippen molar-refractivity contribution < 1.29 is 0 Å². The molecule has 0 spiro atoms. The fraction of sp³-hybridized carbons (Fsp3) is 0.0588. The van der Waals surface area contributed by atoms with Gasteiger partial charge in [-0.2, -0.15) is 0 Å². The van der Waals surface area contributed by atoms with E-state index in [9.17, 15) is 0 Å². The Balaban J connectivity index is 1.91. The van der Waals surface area contributed by atoms with Crippen LogP contribution in [0.15, 0.2) is 65.6 Å². The van der Waals surface area contributed by atoms with Gasteiger partial charge in [-0.1, -0.05) is 60.1 Å². The summed E-state index contributed by atoms with van der Waals surface area (Å²) in [6.45, 7) is 0. The molecule has 0 heterocycles. The first-order chi connectivity index (χ1) is 9.75. The minimum absolute atomic E-state index is 0.718. The molecule has 2 N–H and O–H groups in total. The lowest BCUT2D eigenvalue weighted by Gasteiger charge is -2.09. The number of halogens is 1. The predicted octanol–water partition coefficient (Wildman–Crippen LogP) is 5.37. The molecule has 3 aromatic carbocycles. The number of hydrogen-bond acceptors (Lipinski definition) is 2. The molecule has 0 aromatic heterocycles. The van der Waals surface area contributed by atoms with Crippen molar-refractivity contribution in [2.75, 3.05) is 5.73 Å². The number of thioether (sulfide) groups is 1. The maximum absolute atomic E-state index is 6.21. The molecule has 0 amide bonds. The molecule has 0 saturated heterocycles. The van der Waals surface area contributed by atoms with E-state index in [1.54, 1.807) is 11.8 Å². The second kappa shape index (κ2) is 5.78. The molecule has 1 nitrogen and oxygen atoms in total. The lowest BCUT2D eigenvalue weighted by Crippen LogP contribution is -1.90. The van der Waals surface area contributed by atoms with Crippen LogP contribution < -0.4 is 5.73 Å². The SMILES string of the molecule is Nc1cccc(Cl)c1SCc1cccc2ccccc12. The van der Waals surface area contributed by atoms with Crippen molar-refractivity contribution >= 4 is 39.8 Å². The molecule has 3 aromatic rings. The van der Waals surface area contributed by atoms with Crippen molar-refractivity contribution in [3.8, 4) is 0 Å². The van der Waals surface area contributed by atoms with Crippen LogP contribution in [0.1, 0.15) is 5.56 Å². The minimum atomic E-state index is 0.718. The van der Waals surface area contributed by atoms with Crippen LogP contribution in [0.5, 0.6) is 0 Å². The van der Waals surface area contributed by atoms with Gasteiger partial charge in [0.15, 0.2) is 0 Å². The Morgan fingerprint density at radius 1 is 0.900 bits per heavy atom. The standard InChI is InChI=1S/C17H14ClNS/c18-15-9-4-10-16(19)17(15)20-11-13-7-3-6-12-5-1-2-8-14(12)13/h1-10H,11,19H2. The van der Waals surface area contributed by atoms with E-state index in [0.717, 1.165) is 21.4 Å². The number of benzene rings is 3. The van der Waals surface area contributed by atoms with Crippen molar-refractivity contribution in [2.24, 2.45) is 0 Å². The Hall–Kier alpha value is -1.64. The van der Waals surface area contributed by atoms with Crippen LogP contribution in [0.3, 0.4) is 0 Å². The van der Waals surface area contributed by atoms with E-state index in [4.69, 9.17) is 17.3 Å². The van der Waals surface area contributed by atoms with E-state index in [1.807, 2.05) is 18.2 Å². The average molecular weight is 300 g/mol. The largest absolute Gasteiger partial charge is 0.398 e. The van der Waals surface area contributed by atoms with Crippen molar-refractivity contribution in [3.05, 3.63) is 71.2 Å². The van der Waals surface area contributed by atoms with Gasteiger partial charge in [-0.15, -0.1) is 11.8 Å².